The molecule has 0 aromatic heterocycles. The van der Waals surface area contributed by atoms with Gasteiger partial charge in [0, 0.05) is 13.6 Å². The Labute approximate surface area is 96.0 Å². The van der Waals surface area contributed by atoms with E-state index in [2.05, 4.69) is 4.90 Å². The molecule has 16 heavy (non-hydrogen) atoms. The van der Waals surface area contributed by atoms with E-state index in [1.807, 2.05) is 14.1 Å². The van der Waals surface area contributed by atoms with E-state index in [0.29, 0.717) is 13.0 Å². The normalized spacial score (nSPS) is 23.2. The fraction of sp³-hybridized carbons (Fsp3) is 0.818. The van der Waals surface area contributed by atoms with E-state index in [0.717, 1.165) is 13.0 Å². The summed E-state index contributed by atoms with van der Waals surface area (Å²) in [6.45, 7) is 1.63. The lowest BCUT2D eigenvalue weighted by Gasteiger charge is -2.18. The van der Waals surface area contributed by atoms with Crippen LogP contribution in [-0.4, -0.2) is 61.0 Å². The molecule has 1 amide bonds. The number of aliphatic carboxylic acids is 1. The molecule has 0 saturated heterocycles. The van der Waals surface area contributed by atoms with Crippen LogP contribution in [0.5, 0.6) is 0 Å². The zero-order valence-corrected chi connectivity index (χ0v) is 10.1. The number of carbonyl (C=O) groups excluding carboxylic acids is 1. The number of hydrogen-bond acceptors (Lipinski definition) is 3. The third-order valence-electron chi connectivity index (χ3n) is 2.90. The Morgan fingerprint density at radius 3 is 2.25 bits per heavy atom. The molecule has 1 fully saturated rings. The van der Waals surface area contributed by atoms with Crippen molar-refractivity contribution in [2.75, 3.05) is 34.2 Å². The predicted octanol–water partition coefficient (Wildman–Crippen LogP) is 0.117. The topological polar surface area (TPSA) is 60.9 Å². The molecule has 1 aliphatic rings. The first-order valence-electron chi connectivity index (χ1n) is 5.56. The summed E-state index contributed by atoms with van der Waals surface area (Å²) in [6.07, 6.45) is 1.42. The fourth-order valence-corrected chi connectivity index (χ4v) is 1.76. The molecule has 5 nitrogen and oxygen atoms in total. The van der Waals surface area contributed by atoms with Gasteiger partial charge in [0.05, 0.1) is 11.8 Å². The van der Waals surface area contributed by atoms with Crippen molar-refractivity contribution < 1.29 is 14.7 Å². The summed E-state index contributed by atoms with van der Waals surface area (Å²) in [5.74, 6) is -1.59. The Balaban J connectivity index is 2.25. The lowest BCUT2D eigenvalue weighted by atomic mass is 10.2. The van der Waals surface area contributed by atoms with Crippen LogP contribution >= 0.6 is 0 Å². The van der Waals surface area contributed by atoms with Crippen molar-refractivity contribution in [1.82, 2.24) is 9.80 Å². The largest absolute Gasteiger partial charge is 0.481 e. The van der Waals surface area contributed by atoms with Crippen LogP contribution in [0.1, 0.15) is 12.8 Å². The van der Waals surface area contributed by atoms with Gasteiger partial charge >= 0.3 is 5.97 Å². The number of carbonyl (C=O) groups is 2. The van der Waals surface area contributed by atoms with E-state index in [9.17, 15) is 9.59 Å². The second-order valence-electron chi connectivity index (χ2n) is 4.70. The van der Waals surface area contributed by atoms with E-state index in [-0.39, 0.29) is 11.8 Å². The van der Waals surface area contributed by atoms with Gasteiger partial charge in [0.15, 0.2) is 0 Å². The minimum Gasteiger partial charge on any atom is -0.481 e. The van der Waals surface area contributed by atoms with Gasteiger partial charge < -0.3 is 14.9 Å². The highest BCUT2D eigenvalue weighted by Crippen LogP contribution is 2.39. The van der Waals surface area contributed by atoms with Crippen molar-refractivity contribution in [2.24, 2.45) is 11.8 Å². The smallest absolute Gasteiger partial charge is 0.307 e. The molecule has 0 aromatic rings. The van der Waals surface area contributed by atoms with Crippen LogP contribution in [0.15, 0.2) is 0 Å². The zero-order valence-electron chi connectivity index (χ0n) is 10.1. The summed E-state index contributed by atoms with van der Waals surface area (Å²) >= 11 is 0. The molecule has 1 rings (SSSR count). The summed E-state index contributed by atoms with van der Waals surface area (Å²) in [6, 6.07) is 0. The van der Waals surface area contributed by atoms with Crippen LogP contribution in [0.2, 0.25) is 0 Å². The first-order valence-corrected chi connectivity index (χ1v) is 5.56. The fourth-order valence-electron chi connectivity index (χ4n) is 1.76. The van der Waals surface area contributed by atoms with Gasteiger partial charge in [0.25, 0.3) is 0 Å². The SMILES string of the molecule is CN(C)CCCN(C)C(=O)C1CC1C(=O)O. The van der Waals surface area contributed by atoms with Crippen LogP contribution in [0.3, 0.4) is 0 Å². The minimum absolute atomic E-state index is 0.0221. The molecule has 0 spiro atoms. The van der Waals surface area contributed by atoms with Gasteiger partial charge in [-0.3, -0.25) is 9.59 Å². The Kier molecular flexibility index (Phi) is 4.29. The first kappa shape index (κ1) is 13.0. The molecule has 1 N–H and O–H groups in total. The summed E-state index contributed by atoms with van der Waals surface area (Å²) in [4.78, 5) is 26.1. The van der Waals surface area contributed by atoms with Crippen molar-refractivity contribution in [3.8, 4) is 0 Å². The van der Waals surface area contributed by atoms with E-state index in [4.69, 9.17) is 5.11 Å². The molecular formula is C11H20N2O3. The summed E-state index contributed by atoms with van der Waals surface area (Å²) in [7, 11) is 5.72. The van der Waals surface area contributed by atoms with Crippen LogP contribution in [0.4, 0.5) is 0 Å². The van der Waals surface area contributed by atoms with Gasteiger partial charge in [0.1, 0.15) is 0 Å². The number of rotatable bonds is 6. The highest BCUT2D eigenvalue weighted by molar-refractivity contribution is 5.89. The van der Waals surface area contributed by atoms with Gasteiger partial charge in [-0.25, -0.2) is 0 Å². The Bertz CT molecular complexity index is 278. The molecule has 0 bridgehead atoms. The molecule has 0 aromatic carbocycles. The van der Waals surface area contributed by atoms with Crippen molar-refractivity contribution in [1.29, 1.82) is 0 Å². The van der Waals surface area contributed by atoms with Crippen molar-refractivity contribution in [3.05, 3.63) is 0 Å². The van der Waals surface area contributed by atoms with Gasteiger partial charge in [-0.1, -0.05) is 0 Å². The molecule has 1 saturated carbocycles. The minimum atomic E-state index is -0.847. The number of hydrogen-bond donors (Lipinski definition) is 1. The number of amides is 1. The van der Waals surface area contributed by atoms with Gasteiger partial charge in [0.2, 0.25) is 5.91 Å². The molecule has 5 heteroatoms. The molecule has 0 radical (unpaired) electrons. The monoisotopic (exact) mass is 228 g/mol. The molecule has 1 aliphatic carbocycles. The van der Waals surface area contributed by atoms with Crippen LogP contribution in [0.25, 0.3) is 0 Å². The number of carboxylic acids is 1. The average Bonchev–Trinajstić information content (AvgIpc) is 2.95. The highest BCUT2D eigenvalue weighted by Gasteiger charge is 2.49. The van der Waals surface area contributed by atoms with Crippen molar-refractivity contribution >= 4 is 11.9 Å². The van der Waals surface area contributed by atoms with Crippen molar-refractivity contribution in [2.45, 2.75) is 12.8 Å². The predicted molar refractivity (Wildman–Crippen MR) is 60.0 cm³/mol. The molecule has 2 unspecified atom stereocenters. The van der Waals surface area contributed by atoms with E-state index < -0.39 is 11.9 Å². The summed E-state index contributed by atoms with van der Waals surface area (Å²) < 4.78 is 0. The Hall–Kier alpha value is -1.10. The van der Waals surface area contributed by atoms with Crippen molar-refractivity contribution in [3.63, 3.8) is 0 Å². The Morgan fingerprint density at radius 2 is 1.81 bits per heavy atom. The summed E-state index contributed by atoms with van der Waals surface area (Å²) in [5, 5.41) is 8.73. The number of nitrogens with zero attached hydrogens (tertiary/aromatic N) is 2. The summed E-state index contributed by atoms with van der Waals surface area (Å²) in [5.41, 5.74) is 0. The van der Waals surface area contributed by atoms with Crippen LogP contribution < -0.4 is 0 Å². The van der Waals surface area contributed by atoms with E-state index >= 15 is 0 Å². The third-order valence-corrected chi connectivity index (χ3v) is 2.90. The second kappa shape index (κ2) is 5.30. The van der Waals surface area contributed by atoms with Crippen LogP contribution in [-0.2, 0) is 9.59 Å². The van der Waals surface area contributed by atoms with Gasteiger partial charge in [-0.05, 0) is 33.5 Å². The molecule has 0 aliphatic heterocycles. The lowest BCUT2D eigenvalue weighted by Crippen LogP contribution is -2.31. The van der Waals surface area contributed by atoms with Gasteiger partial charge in [-0.2, -0.15) is 0 Å². The van der Waals surface area contributed by atoms with Crippen LogP contribution in [0, 0.1) is 11.8 Å². The third kappa shape index (κ3) is 3.48. The maximum Gasteiger partial charge on any atom is 0.307 e. The maximum absolute atomic E-state index is 11.7. The maximum atomic E-state index is 11.7. The van der Waals surface area contributed by atoms with E-state index in [1.165, 1.54) is 0 Å². The second-order valence-corrected chi connectivity index (χ2v) is 4.70. The highest BCUT2D eigenvalue weighted by atomic mass is 16.4. The average molecular weight is 228 g/mol. The zero-order chi connectivity index (χ0) is 12.3. The first-order chi connectivity index (χ1) is 7.43. The number of carboxylic acid groups (broad SMARTS) is 1. The molecule has 92 valence electrons. The molecular weight excluding hydrogens is 208 g/mol. The van der Waals surface area contributed by atoms with Gasteiger partial charge in [-0.15, -0.1) is 0 Å². The molecule has 2 atom stereocenters. The van der Waals surface area contributed by atoms with E-state index in [1.54, 1.807) is 11.9 Å². The lowest BCUT2D eigenvalue weighted by molar-refractivity contribution is -0.141. The standard InChI is InChI=1S/C11H20N2O3/c1-12(2)5-4-6-13(3)10(14)8-7-9(8)11(15)16/h8-9H,4-7H2,1-3H3,(H,15,16). The molecule has 0 heterocycles. The quantitative estimate of drug-likeness (QED) is 0.701. The Morgan fingerprint density at radius 1 is 1.19 bits per heavy atom.